The van der Waals surface area contributed by atoms with E-state index in [1.54, 1.807) is 24.3 Å². The summed E-state index contributed by atoms with van der Waals surface area (Å²) in [6, 6.07) is 14.6. The molecule has 6 nitrogen and oxygen atoms in total. The van der Waals surface area contributed by atoms with Crippen molar-refractivity contribution in [3.05, 3.63) is 72.4 Å². The van der Waals surface area contributed by atoms with Crippen molar-refractivity contribution in [3.63, 3.8) is 0 Å². The van der Waals surface area contributed by atoms with E-state index in [2.05, 4.69) is 4.98 Å². The quantitative estimate of drug-likeness (QED) is 0.564. The molecule has 1 heterocycles. The Labute approximate surface area is 164 Å². The number of sulfone groups is 1. The number of nitrogens with zero attached hydrogens (tertiary/aromatic N) is 1. The summed E-state index contributed by atoms with van der Waals surface area (Å²) in [7, 11) is -1.90. The normalized spacial score (nSPS) is 12.5. The zero-order valence-corrected chi connectivity index (χ0v) is 16.5. The summed E-state index contributed by atoms with van der Waals surface area (Å²) in [6.07, 6.45) is 5.20. The number of aromatic nitrogens is 1. The lowest BCUT2D eigenvalue weighted by Crippen LogP contribution is -2.15. The van der Waals surface area contributed by atoms with E-state index in [-0.39, 0.29) is 4.90 Å². The fourth-order valence-corrected chi connectivity index (χ4v) is 3.72. The van der Waals surface area contributed by atoms with Crippen molar-refractivity contribution in [1.82, 2.24) is 4.98 Å². The maximum Gasteiger partial charge on any atom is 0.318 e. The second-order valence-corrected chi connectivity index (χ2v) is 8.45. The van der Waals surface area contributed by atoms with Gasteiger partial charge in [0.15, 0.2) is 9.84 Å². The highest BCUT2D eigenvalue weighted by atomic mass is 32.2. The van der Waals surface area contributed by atoms with Gasteiger partial charge in [0.05, 0.1) is 18.2 Å². The molecule has 1 unspecified atom stereocenters. The van der Waals surface area contributed by atoms with Crippen LogP contribution in [0.15, 0.2) is 70.3 Å². The summed E-state index contributed by atoms with van der Waals surface area (Å²) in [6.45, 7) is 0. The Morgan fingerprint density at radius 2 is 1.86 bits per heavy atom. The van der Waals surface area contributed by atoms with Gasteiger partial charge in [-0.15, -0.1) is 0 Å². The molecule has 146 valence electrons. The predicted octanol–water partition coefficient (Wildman–Crippen LogP) is 3.63. The minimum absolute atomic E-state index is 0.281. The van der Waals surface area contributed by atoms with Crippen LogP contribution in [0.4, 0.5) is 0 Å². The van der Waals surface area contributed by atoms with Gasteiger partial charge in [-0.25, -0.2) is 13.4 Å². The SMILES string of the molecule is COC(=O)C(CCc1ccccc1-c1ccc(S(C)(=O)=O)cc1)c1ncco1. The Bertz CT molecular complexity index is 1040. The molecule has 1 aromatic heterocycles. The van der Waals surface area contributed by atoms with E-state index >= 15 is 0 Å². The second-order valence-electron chi connectivity index (χ2n) is 6.44. The number of carbonyl (C=O) groups is 1. The summed E-state index contributed by atoms with van der Waals surface area (Å²) in [5, 5.41) is 0. The Kier molecular flexibility index (Phi) is 5.94. The van der Waals surface area contributed by atoms with Crippen LogP contribution >= 0.6 is 0 Å². The molecule has 0 aliphatic rings. The maximum absolute atomic E-state index is 12.1. The fraction of sp³-hybridized carbons (Fsp3) is 0.238. The Morgan fingerprint density at radius 3 is 2.46 bits per heavy atom. The number of benzene rings is 2. The predicted molar refractivity (Wildman–Crippen MR) is 105 cm³/mol. The molecule has 0 spiro atoms. The van der Waals surface area contributed by atoms with Crippen molar-refractivity contribution in [2.24, 2.45) is 0 Å². The molecule has 0 saturated carbocycles. The molecule has 0 saturated heterocycles. The minimum Gasteiger partial charge on any atom is -0.468 e. The van der Waals surface area contributed by atoms with Gasteiger partial charge in [-0.05, 0) is 41.7 Å². The van der Waals surface area contributed by atoms with Gasteiger partial charge < -0.3 is 9.15 Å². The number of oxazole rings is 1. The fourth-order valence-electron chi connectivity index (χ4n) is 3.09. The molecular formula is C21H21NO5S. The number of carbonyl (C=O) groups excluding carboxylic acids is 1. The molecule has 0 aliphatic heterocycles. The molecule has 1 atom stereocenters. The first-order valence-electron chi connectivity index (χ1n) is 8.76. The first-order chi connectivity index (χ1) is 13.4. The van der Waals surface area contributed by atoms with Crippen molar-refractivity contribution >= 4 is 15.8 Å². The number of hydrogen-bond acceptors (Lipinski definition) is 6. The van der Waals surface area contributed by atoms with Gasteiger partial charge >= 0.3 is 5.97 Å². The third-order valence-electron chi connectivity index (χ3n) is 4.55. The lowest BCUT2D eigenvalue weighted by atomic mass is 9.93. The van der Waals surface area contributed by atoms with Gasteiger partial charge in [-0.2, -0.15) is 0 Å². The lowest BCUT2D eigenvalue weighted by molar-refractivity contribution is -0.143. The van der Waals surface area contributed by atoms with Crippen LogP contribution in [0.25, 0.3) is 11.1 Å². The molecule has 3 rings (SSSR count). The number of methoxy groups -OCH3 is 1. The first-order valence-corrected chi connectivity index (χ1v) is 10.6. The highest BCUT2D eigenvalue weighted by molar-refractivity contribution is 7.90. The van der Waals surface area contributed by atoms with Crippen LogP contribution in [-0.2, 0) is 25.8 Å². The molecule has 28 heavy (non-hydrogen) atoms. The molecule has 0 radical (unpaired) electrons. The van der Waals surface area contributed by atoms with Crippen LogP contribution in [0.2, 0.25) is 0 Å². The maximum atomic E-state index is 12.1. The molecule has 0 bridgehead atoms. The van der Waals surface area contributed by atoms with Gasteiger partial charge in [0.25, 0.3) is 0 Å². The van der Waals surface area contributed by atoms with Crippen molar-refractivity contribution in [2.75, 3.05) is 13.4 Å². The van der Waals surface area contributed by atoms with Gasteiger partial charge in [-0.3, -0.25) is 4.79 Å². The summed E-state index contributed by atoms with van der Waals surface area (Å²) in [4.78, 5) is 16.5. The molecule has 0 amide bonds. The third-order valence-corrected chi connectivity index (χ3v) is 5.68. The van der Waals surface area contributed by atoms with Crippen LogP contribution in [0.1, 0.15) is 23.8 Å². The molecule has 3 aromatic rings. The number of aryl methyl sites for hydroxylation is 1. The van der Waals surface area contributed by atoms with Crippen molar-refractivity contribution in [3.8, 4) is 11.1 Å². The van der Waals surface area contributed by atoms with E-state index in [4.69, 9.17) is 9.15 Å². The van der Waals surface area contributed by atoms with E-state index in [9.17, 15) is 13.2 Å². The highest BCUT2D eigenvalue weighted by Crippen LogP contribution is 2.29. The summed E-state index contributed by atoms with van der Waals surface area (Å²) in [5.41, 5.74) is 2.93. The van der Waals surface area contributed by atoms with Gasteiger partial charge in [0.1, 0.15) is 12.2 Å². The summed E-state index contributed by atoms with van der Waals surface area (Å²) < 4.78 is 33.5. The average Bonchev–Trinajstić information content (AvgIpc) is 3.22. The van der Waals surface area contributed by atoms with E-state index in [1.807, 2.05) is 24.3 Å². The Balaban J connectivity index is 1.85. The standard InChI is InChI=1S/C21H21NO5S/c1-26-21(23)19(20-22-13-14-27-20)12-9-15-5-3-4-6-18(15)16-7-10-17(11-8-16)28(2,24)25/h3-8,10-11,13-14,19H,9,12H2,1-2H3. The van der Waals surface area contributed by atoms with Gasteiger partial charge in [0, 0.05) is 6.26 Å². The number of ether oxygens (including phenoxy) is 1. The van der Waals surface area contributed by atoms with Crippen molar-refractivity contribution < 1.29 is 22.4 Å². The molecule has 0 aliphatic carbocycles. The lowest BCUT2D eigenvalue weighted by Gasteiger charge is -2.14. The summed E-state index contributed by atoms with van der Waals surface area (Å²) >= 11 is 0. The Hall–Kier alpha value is -2.93. The van der Waals surface area contributed by atoms with Crippen molar-refractivity contribution in [1.29, 1.82) is 0 Å². The molecule has 0 N–H and O–H groups in total. The number of hydrogen-bond donors (Lipinski definition) is 0. The van der Waals surface area contributed by atoms with Gasteiger partial charge in [0.2, 0.25) is 5.89 Å². The van der Waals surface area contributed by atoms with Crippen LogP contribution in [0.5, 0.6) is 0 Å². The van der Waals surface area contributed by atoms with Gasteiger partial charge in [-0.1, -0.05) is 36.4 Å². The topological polar surface area (TPSA) is 86.5 Å². The van der Waals surface area contributed by atoms with Crippen LogP contribution in [0, 0.1) is 0 Å². The van der Waals surface area contributed by atoms with Crippen LogP contribution < -0.4 is 0 Å². The molecular weight excluding hydrogens is 378 g/mol. The van der Waals surface area contributed by atoms with E-state index in [1.165, 1.54) is 25.8 Å². The summed E-state index contributed by atoms with van der Waals surface area (Å²) in [5.74, 6) is -0.639. The third kappa shape index (κ3) is 4.48. The van der Waals surface area contributed by atoms with Crippen LogP contribution in [-0.4, -0.2) is 32.7 Å². The monoisotopic (exact) mass is 399 g/mol. The smallest absolute Gasteiger partial charge is 0.318 e. The van der Waals surface area contributed by atoms with E-state index in [0.29, 0.717) is 18.7 Å². The number of rotatable bonds is 7. The van der Waals surface area contributed by atoms with Crippen molar-refractivity contribution in [2.45, 2.75) is 23.7 Å². The van der Waals surface area contributed by atoms with E-state index < -0.39 is 21.7 Å². The van der Waals surface area contributed by atoms with E-state index in [0.717, 1.165) is 16.7 Å². The van der Waals surface area contributed by atoms with Crippen LogP contribution in [0.3, 0.4) is 0 Å². The largest absolute Gasteiger partial charge is 0.468 e. The minimum atomic E-state index is -3.24. The molecule has 7 heteroatoms. The number of esters is 1. The first kappa shape index (κ1) is 19.8. The average molecular weight is 399 g/mol. The zero-order chi connectivity index (χ0) is 20.1. The Morgan fingerprint density at radius 1 is 1.14 bits per heavy atom. The molecule has 0 fully saturated rings. The second kappa shape index (κ2) is 8.39. The molecule has 2 aromatic carbocycles. The highest BCUT2D eigenvalue weighted by Gasteiger charge is 2.25. The zero-order valence-electron chi connectivity index (χ0n) is 15.7.